The van der Waals surface area contributed by atoms with E-state index in [1.54, 1.807) is 0 Å². The van der Waals surface area contributed by atoms with Crippen molar-refractivity contribution in [1.82, 2.24) is 4.98 Å². The van der Waals surface area contributed by atoms with Gasteiger partial charge in [0, 0.05) is 28.6 Å². The topological polar surface area (TPSA) is 32.9 Å². The normalized spacial score (nSPS) is 13.9. The van der Waals surface area contributed by atoms with Crippen molar-refractivity contribution in [3.05, 3.63) is 59.2 Å². The molecule has 1 aliphatic carbocycles. The number of benzene rings is 2. The molecule has 0 fully saturated rings. The number of H-pyrrole nitrogens is 1. The maximum atomic E-state index is 12.1. The molecule has 0 amide bonds. The van der Waals surface area contributed by atoms with Gasteiger partial charge in [0.1, 0.15) is 0 Å². The molecule has 4 rings (SSSR count). The minimum Gasteiger partial charge on any atom is -0.354 e. The third-order valence-electron chi connectivity index (χ3n) is 4.23. The summed E-state index contributed by atoms with van der Waals surface area (Å²) in [6, 6.07) is 14.4. The molecular formula is C18H15NO. The number of carbonyl (C=O) groups excluding carboxylic acids is 1. The average molecular weight is 261 g/mol. The standard InChI is InChI=1S/C18H15NO/c1-11-7-8-13-15(20)10-9-14-16(13)17(11)19-18(14)12-5-3-2-4-6-12/h2-8,19H,9-10H2,1H3. The van der Waals surface area contributed by atoms with Crippen LogP contribution in [-0.4, -0.2) is 10.8 Å². The molecule has 0 atom stereocenters. The molecule has 3 aromatic rings. The number of hydrogen-bond donors (Lipinski definition) is 1. The van der Waals surface area contributed by atoms with Crippen LogP contribution in [0.15, 0.2) is 42.5 Å². The van der Waals surface area contributed by atoms with Gasteiger partial charge in [-0.3, -0.25) is 4.79 Å². The summed E-state index contributed by atoms with van der Waals surface area (Å²) in [6.45, 7) is 2.09. The zero-order valence-corrected chi connectivity index (χ0v) is 11.4. The molecular weight excluding hydrogens is 246 g/mol. The summed E-state index contributed by atoms with van der Waals surface area (Å²) in [5.74, 6) is 0.265. The Labute approximate surface area is 117 Å². The van der Waals surface area contributed by atoms with Gasteiger partial charge in [-0.2, -0.15) is 0 Å². The van der Waals surface area contributed by atoms with Crippen LogP contribution in [0.1, 0.15) is 27.9 Å². The highest BCUT2D eigenvalue weighted by atomic mass is 16.1. The van der Waals surface area contributed by atoms with Crippen LogP contribution in [0.5, 0.6) is 0 Å². The fourth-order valence-corrected chi connectivity index (χ4v) is 3.21. The Balaban J connectivity index is 2.11. The van der Waals surface area contributed by atoms with Crippen molar-refractivity contribution in [2.45, 2.75) is 19.8 Å². The largest absolute Gasteiger partial charge is 0.354 e. The Morgan fingerprint density at radius 1 is 1.00 bits per heavy atom. The summed E-state index contributed by atoms with van der Waals surface area (Å²) in [5.41, 5.74) is 6.85. The van der Waals surface area contributed by atoms with Gasteiger partial charge < -0.3 is 4.98 Å². The highest BCUT2D eigenvalue weighted by molar-refractivity contribution is 6.13. The lowest BCUT2D eigenvalue weighted by molar-refractivity contribution is 0.0982. The number of rotatable bonds is 1. The maximum Gasteiger partial charge on any atom is 0.163 e. The second-order valence-electron chi connectivity index (χ2n) is 5.45. The van der Waals surface area contributed by atoms with Crippen molar-refractivity contribution in [2.24, 2.45) is 0 Å². The molecule has 0 radical (unpaired) electrons. The van der Waals surface area contributed by atoms with Gasteiger partial charge in [0.05, 0.1) is 0 Å². The quantitative estimate of drug-likeness (QED) is 0.697. The number of hydrogen-bond acceptors (Lipinski definition) is 1. The van der Waals surface area contributed by atoms with Gasteiger partial charge in [0.25, 0.3) is 0 Å². The smallest absolute Gasteiger partial charge is 0.163 e. The highest BCUT2D eigenvalue weighted by Gasteiger charge is 2.24. The maximum absolute atomic E-state index is 12.1. The van der Waals surface area contributed by atoms with Crippen LogP contribution in [0.3, 0.4) is 0 Å². The van der Waals surface area contributed by atoms with Crippen LogP contribution in [0.25, 0.3) is 22.2 Å². The Hall–Kier alpha value is -2.35. The fourth-order valence-electron chi connectivity index (χ4n) is 3.21. The molecule has 20 heavy (non-hydrogen) atoms. The summed E-state index contributed by atoms with van der Waals surface area (Å²) in [5, 5.41) is 1.14. The second-order valence-corrected chi connectivity index (χ2v) is 5.45. The van der Waals surface area contributed by atoms with Crippen molar-refractivity contribution in [1.29, 1.82) is 0 Å². The number of carbonyl (C=O) groups is 1. The molecule has 2 nitrogen and oxygen atoms in total. The van der Waals surface area contributed by atoms with Crippen molar-refractivity contribution >= 4 is 16.7 Å². The molecule has 0 bridgehead atoms. The zero-order valence-electron chi connectivity index (χ0n) is 11.4. The van der Waals surface area contributed by atoms with E-state index in [0.29, 0.717) is 6.42 Å². The van der Waals surface area contributed by atoms with E-state index >= 15 is 0 Å². The first-order valence-electron chi connectivity index (χ1n) is 6.98. The number of nitrogens with one attached hydrogen (secondary N) is 1. The second kappa shape index (κ2) is 4.07. The Morgan fingerprint density at radius 2 is 1.80 bits per heavy atom. The molecule has 2 heteroatoms. The Bertz CT molecular complexity index is 827. The van der Waals surface area contributed by atoms with Crippen LogP contribution < -0.4 is 0 Å². The van der Waals surface area contributed by atoms with Crippen LogP contribution in [-0.2, 0) is 6.42 Å². The average Bonchev–Trinajstić information content (AvgIpc) is 2.87. The minimum absolute atomic E-state index is 0.265. The first-order valence-corrected chi connectivity index (χ1v) is 6.98. The molecule has 1 aromatic heterocycles. The van der Waals surface area contributed by atoms with Crippen molar-refractivity contribution < 1.29 is 4.79 Å². The van der Waals surface area contributed by atoms with Crippen molar-refractivity contribution in [3.63, 3.8) is 0 Å². The molecule has 0 saturated heterocycles. The number of Topliss-reactive ketones (excluding diaryl/α,β-unsaturated/α-hetero) is 1. The summed E-state index contributed by atoms with van der Waals surface area (Å²) in [4.78, 5) is 15.7. The van der Waals surface area contributed by atoms with Gasteiger partial charge in [0.15, 0.2) is 5.78 Å². The van der Waals surface area contributed by atoms with Crippen LogP contribution in [0, 0.1) is 6.92 Å². The van der Waals surface area contributed by atoms with Gasteiger partial charge >= 0.3 is 0 Å². The third-order valence-corrected chi connectivity index (χ3v) is 4.23. The lowest BCUT2D eigenvalue weighted by atomic mass is 9.88. The SMILES string of the molecule is Cc1ccc2c3c(c(-c4ccccc4)[nH]c13)CCC2=O. The first kappa shape index (κ1) is 11.5. The Morgan fingerprint density at radius 3 is 2.60 bits per heavy atom. The van der Waals surface area contributed by atoms with Gasteiger partial charge in [-0.25, -0.2) is 0 Å². The molecule has 2 aromatic carbocycles. The van der Waals surface area contributed by atoms with Gasteiger partial charge in [0.2, 0.25) is 0 Å². The molecule has 0 unspecified atom stereocenters. The predicted octanol–water partition coefficient (Wildman–Crippen LogP) is 4.27. The zero-order chi connectivity index (χ0) is 13.7. The molecule has 0 aliphatic heterocycles. The highest BCUT2D eigenvalue weighted by Crippen LogP contribution is 2.38. The van der Waals surface area contributed by atoms with Crippen LogP contribution >= 0.6 is 0 Å². The number of aryl methyl sites for hydroxylation is 2. The van der Waals surface area contributed by atoms with E-state index in [1.807, 2.05) is 18.2 Å². The molecule has 98 valence electrons. The lowest BCUT2D eigenvalue weighted by Gasteiger charge is -2.13. The molecule has 0 spiro atoms. The van der Waals surface area contributed by atoms with E-state index in [1.165, 1.54) is 22.4 Å². The van der Waals surface area contributed by atoms with E-state index in [9.17, 15) is 4.79 Å². The fraction of sp³-hybridized carbons (Fsp3) is 0.167. The summed E-state index contributed by atoms with van der Waals surface area (Å²) in [7, 11) is 0. The van der Waals surface area contributed by atoms with E-state index < -0.39 is 0 Å². The van der Waals surface area contributed by atoms with E-state index in [-0.39, 0.29) is 5.78 Å². The van der Waals surface area contributed by atoms with Crippen molar-refractivity contribution in [3.8, 4) is 11.3 Å². The number of aromatic nitrogens is 1. The molecule has 1 aliphatic rings. The van der Waals surface area contributed by atoms with Gasteiger partial charge in [-0.1, -0.05) is 42.5 Å². The number of ketones is 1. The van der Waals surface area contributed by atoms with Gasteiger partial charge in [-0.05, 0) is 30.0 Å². The summed E-state index contributed by atoms with van der Waals surface area (Å²) in [6.07, 6.45) is 1.45. The number of aromatic amines is 1. The van der Waals surface area contributed by atoms with E-state index in [4.69, 9.17) is 0 Å². The third kappa shape index (κ3) is 1.48. The van der Waals surface area contributed by atoms with Crippen molar-refractivity contribution in [2.75, 3.05) is 0 Å². The first-order chi connectivity index (χ1) is 9.75. The van der Waals surface area contributed by atoms with Gasteiger partial charge in [-0.15, -0.1) is 0 Å². The summed E-state index contributed by atoms with van der Waals surface area (Å²) < 4.78 is 0. The summed E-state index contributed by atoms with van der Waals surface area (Å²) >= 11 is 0. The Kier molecular flexibility index (Phi) is 2.34. The van der Waals surface area contributed by atoms with Crippen LogP contribution in [0.4, 0.5) is 0 Å². The molecule has 1 N–H and O–H groups in total. The predicted molar refractivity (Wildman–Crippen MR) is 81.1 cm³/mol. The molecule has 0 saturated carbocycles. The van der Waals surface area contributed by atoms with E-state index in [0.717, 1.165) is 22.9 Å². The monoisotopic (exact) mass is 261 g/mol. The van der Waals surface area contributed by atoms with E-state index in [2.05, 4.69) is 36.2 Å². The lowest BCUT2D eigenvalue weighted by Crippen LogP contribution is -2.08. The van der Waals surface area contributed by atoms with Crippen LogP contribution in [0.2, 0.25) is 0 Å². The minimum atomic E-state index is 0.265. The molecule has 1 heterocycles.